The summed E-state index contributed by atoms with van der Waals surface area (Å²) in [6.07, 6.45) is 9.84. The number of hydrogen-bond acceptors (Lipinski definition) is 2. The average molecular weight is 432 g/mol. The molecule has 6 rings (SSSR count). The lowest BCUT2D eigenvalue weighted by molar-refractivity contribution is 0.850. The van der Waals surface area contributed by atoms with Crippen LogP contribution in [0.25, 0.3) is 18.2 Å². The molecule has 0 aliphatic carbocycles. The molecule has 156 valence electrons. The molecule has 0 saturated carbocycles. The van der Waals surface area contributed by atoms with Gasteiger partial charge in [-0.2, -0.15) is 0 Å². The molecule has 32 heavy (non-hydrogen) atoms. The normalized spacial score (nSPS) is 17.9. The Hall–Kier alpha value is -3.49. The molecule has 0 aromatic heterocycles. The highest BCUT2D eigenvalue weighted by Gasteiger charge is 2.37. The lowest BCUT2D eigenvalue weighted by Gasteiger charge is -2.30. The minimum absolute atomic E-state index is 0.0119. The van der Waals surface area contributed by atoms with Crippen LogP contribution < -0.4 is 5.32 Å². The Morgan fingerprint density at radius 1 is 0.656 bits per heavy atom. The van der Waals surface area contributed by atoms with Crippen LogP contribution in [0.5, 0.6) is 0 Å². The van der Waals surface area contributed by atoms with Gasteiger partial charge in [0.05, 0.1) is 0 Å². The third kappa shape index (κ3) is 4.71. The predicted molar refractivity (Wildman–Crippen MR) is 140 cm³/mol. The molecule has 4 aromatic carbocycles. The molecule has 2 aliphatic rings. The SMILES string of the molecule is C(=Cc1ccccc1)c1ccccc1.C1=CC2(Cc3ccccc3N2)Sc2ccccc21. The van der Waals surface area contributed by atoms with Crippen LogP contribution >= 0.6 is 11.8 Å². The zero-order valence-electron chi connectivity index (χ0n) is 17.8. The van der Waals surface area contributed by atoms with Crippen molar-refractivity contribution in [1.82, 2.24) is 0 Å². The maximum Gasteiger partial charge on any atom is 0.111 e. The van der Waals surface area contributed by atoms with Crippen LogP contribution in [-0.2, 0) is 6.42 Å². The van der Waals surface area contributed by atoms with E-state index in [0.717, 1.165) is 6.42 Å². The lowest BCUT2D eigenvalue weighted by atomic mass is 10.1. The van der Waals surface area contributed by atoms with Gasteiger partial charge in [-0.3, -0.25) is 0 Å². The molecule has 2 heteroatoms. The third-order valence-electron chi connectivity index (χ3n) is 5.63. The van der Waals surface area contributed by atoms with E-state index in [0.29, 0.717) is 0 Å². The number of fused-ring (bicyclic) bond motifs is 2. The van der Waals surface area contributed by atoms with Crippen molar-refractivity contribution in [2.75, 3.05) is 5.32 Å². The number of benzene rings is 4. The monoisotopic (exact) mass is 431 g/mol. The summed E-state index contributed by atoms with van der Waals surface area (Å²) in [5.74, 6) is 0. The maximum absolute atomic E-state index is 3.67. The number of thioether (sulfide) groups is 1. The molecule has 1 atom stereocenters. The van der Waals surface area contributed by atoms with E-state index in [-0.39, 0.29) is 4.87 Å². The first-order valence-electron chi connectivity index (χ1n) is 10.9. The fourth-order valence-corrected chi connectivity index (χ4v) is 5.32. The zero-order valence-corrected chi connectivity index (χ0v) is 18.6. The summed E-state index contributed by atoms with van der Waals surface area (Å²) in [6.45, 7) is 0. The Balaban J connectivity index is 0.000000140. The van der Waals surface area contributed by atoms with Crippen molar-refractivity contribution in [1.29, 1.82) is 0 Å². The van der Waals surface area contributed by atoms with Gasteiger partial charge in [-0.05, 0) is 40.5 Å². The first kappa shape index (κ1) is 20.4. The van der Waals surface area contributed by atoms with E-state index >= 15 is 0 Å². The van der Waals surface area contributed by atoms with E-state index < -0.39 is 0 Å². The minimum Gasteiger partial charge on any atom is -0.367 e. The largest absolute Gasteiger partial charge is 0.367 e. The highest BCUT2D eigenvalue weighted by Crippen LogP contribution is 2.47. The topological polar surface area (TPSA) is 12.0 Å². The van der Waals surface area contributed by atoms with Crippen LogP contribution in [0, 0.1) is 0 Å². The zero-order chi connectivity index (χ0) is 21.6. The summed E-state index contributed by atoms with van der Waals surface area (Å²) < 4.78 is 0. The Morgan fingerprint density at radius 3 is 1.94 bits per heavy atom. The van der Waals surface area contributed by atoms with Gasteiger partial charge in [-0.15, -0.1) is 0 Å². The van der Waals surface area contributed by atoms with Crippen LogP contribution in [0.15, 0.2) is 120 Å². The summed E-state index contributed by atoms with van der Waals surface area (Å²) in [5, 5.41) is 3.67. The van der Waals surface area contributed by atoms with Crippen molar-refractivity contribution < 1.29 is 0 Å². The first-order valence-corrected chi connectivity index (χ1v) is 11.7. The summed E-state index contributed by atoms with van der Waals surface area (Å²) >= 11 is 1.93. The van der Waals surface area contributed by atoms with Crippen LogP contribution in [0.3, 0.4) is 0 Å². The second-order valence-electron chi connectivity index (χ2n) is 7.98. The molecule has 2 aliphatic heterocycles. The van der Waals surface area contributed by atoms with E-state index in [2.05, 4.69) is 102 Å². The number of para-hydroxylation sites is 1. The van der Waals surface area contributed by atoms with Crippen molar-refractivity contribution >= 4 is 35.7 Å². The molecule has 1 unspecified atom stereocenters. The van der Waals surface area contributed by atoms with Crippen LogP contribution in [0.2, 0.25) is 0 Å². The molecule has 2 heterocycles. The van der Waals surface area contributed by atoms with Gasteiger partial charge in [0.1, 0.15) is 4.87 Å². The smallest absolute Gasteiger partial charge is 0.111 e. The summed E-state index contributed by atoms with van der Waals surface area (Å²) in [5.41, 5.74) is 6.47. The fourth-order valence-electron chi connectivity index (χ4n) is 4.00. The lowest BCUT2D eigenvalue weighted by Crippen LogP contribution is -2.30. The van der Waals surface area contributed by atoms with Gasteiger partial charge in [0, 0.05) is 17.0 Å². The van der Waals surface area contributed by atoms with Gasteiger partial charge < -0.3 is 5.32 Å². The second-order valence-corrected chi connectivity index (χ2v) is 9.35. The molecular formula is C30H25NS. The van der Waals surface area contributed by atoms with Crippen molar-refractivity contribution in [3.63, 3.8) is 0 Å². The number of anilines is 1. The van der Waals surface area contributed by atoms with Gasteiger partial charge >= 0.3 is 0 Å². The summed E-state index contributed by atoms with van der Waals surface area (Å²) in [7, 11) is 0. The first-order chi connectivity index (χ1) is 15.8. The number of rotatable bonds is 2. The van der Waals surface area contributed by atoms with Crippen LogP contribution in [0.4, 0.5) is 5.69 Å². The predicted octanol–water partition coefficient (Wildman–Crippen LogP) is 8.03. The van der Waals surface area contributed by atoms with E-state index in [1.807, 2.05) is 48.2 Å². The molecule has 0 fully saturated rings. The standard InChI is InChI=1S/C16H13NS.C14H12/c1-3-7-14-13(6-1)11-16(17-14)10-9-12-5-2-4-8-15(12)18-16;1-3-7-13(8-4-1)11-12-14-9-5-2-6-10-14/h1-10,17H,11H2;1-12H. The quantitative estimate of drug-likeness (QED) is 0.322. The van der Waals surface area contributed by atoms with E-state index in [9.17, 15) is 0 Å². The Labute approximate surface area is 194 Å². The van der Waals surface area contributed by atoms with E-state index in [1.165, 1.54) is 32.8 Å². The third-order valence-corrected chi connectivity index (χ3v) is 6.97. The Bertz CT molecular complexity index is 1180. The van der Waals surface area contributed by atoms with Crippen LogP contribution in [-0.4, -0.2) is 4.87 Å². The van der Waals surface area contributed by atoms with Gasteiger partial charge in [-0.1, -0.05) is 127 Å². The van der Waals surface area contributed by atoms with Crippen molar-refractivity contribution in [2.24, 2.45) is 0 Å². The maximum atomic E-state index is 3.67. The summed E-state index contributed by atoms with van der Waals surface area (Å²) in [4.78, 5) is 1.37. The highest BCUT2D eigenvalue weighted by molar-refractivity contribution is 8.01. The molecule has 1 N–H and O–H groups in total. The molecule has 0 radical (unpaired) electrons. The highest BCUT2D eigenvalue weighted by atomic mass is 32.2. The summed E-state index contributed by atoms with van der Waals surface area (Å²) in [6, 6.07) is 37.8. The van der Waals surface area contributed by atoms with Gasteiger partial charge in [-0.25, -0.2) is 0 Å². The molecule has 0 saturated heterocycles. The van der Waals surface area contributed by atoms with Gasteiger partial charge in [0.25, 0.3) is 0 Å². The molecule has 1 nitrogen and oxygen atoms in total. The molecule has 0 bridgehead atoms. The van der Waals surface area contributed by atoms with Gasteiger partial charge in [0.15, 0.2) is 0 Å². The minimum atomic E-state index is 0.0119. The van der Waals surface area contributed by atoms with Gasteiger partial charge in [0.2, 0.25) is 0 Å². The second kappa shape index (κ2) is 9.33. The van der Waals surface area contributed by atoms with Crippen molar-refractivity contribution in [3.8, 4) is 0 Å². The molecule has 4 aromatic rings. The van der Waals surface area contributed by atoms with Crippen molar-refractivity contribution in [3.05, 3.63) is 138 Å². The van der Waals surface area contributed by atoms with E-state index in [4.69, 9.17) is 0 Å². The molecular weight excluding hydrogens is 406 g/mol. The fraction of sp³-hybridized carbons (Fsp3) is 0.0667. The Kier molecular flexibility index (Phi) is 5.96. The van der Waals surface area contributed by atoms with Crippen LogP contribution in [0.1, 0.15) is 22.3 Å². The average Bonchev–Trinajstić information content (AvgIpc) is 3.21. The van der Waals surface area contributed by atoms with Crippen molar-refractivity contribution in [2.45, 2.75) is 16.2 Å². The molecule has 0 amide bonds. The molecule has 1 spiro atoms. The van der Waals surface area contributed by atoms with E-state index in [1.54, 1.807) is 0 Å². The number of nitrogens with one attached hydrogen (secondary N) is 1. The Morgan fingerprint density at radius 2 is 1.25 bits per heavy atom. The number of hydrogen-bond donors (Lipinski definition) is 1.